The number of hydrogen-bond acceptors (Lipinski definition) is 7. The maximum Gasteiger partial charge on any atom is 0.315 e. The van der Waals surface area contributed by atoms with E-state index in [1.165, 1.54) is 31.4 Å². The van der Waals surface area contributed by atoms with Gasteiger partial charge in [-0.1, -0.05) is 33.6 Å². The van der Waals surface area contributed by atoms with Crippen LogP contribution in [0.3, 0.4) is 0 Å². The molecule has 0 saturated carbocycles. The third kappa shape index (κ3) is 6.19. The molecule has 4 aliphatic heterocycles. The van der Waals surface area contributed by atoms with Gasteiger partial charge < -0.3 is 9.64 Å². The molecule has 8 nitrogen and oxygen atoms in total. The van der Waals surface area contributed by atoms with Crippen LogP contribution in [0.2, 0.25) is 0 Å². The van der Waals surface area contributed by atoms with E-state index in [1.54, 1.807) is 0 Å². The van der Waals surface area contributed by atoms with Crippen molar-refractivity contribution in [1.82, 2.24) is 15.2 Å². The number of piperidine rings is 1. The van der Waals surface area contributed by atoms with Gasteiger partial charge in [-0.3, -0.25) is 9.79 Å². The number of esters is 1. The van der Waals surface area contributed by atoms with E-state index in [0.29, 0.717) is 23.1 Å². The SMILES string of the molecule is CCCC[C@H](C)N1CCCC(C2=NC(CC(=O)OC(C)(C)C)C3N(C(C)N[N+]3=O)C3SC(C)C(C)C23)C1. The average molecular weight is 537 g/mol. The number of likely N-dealkylation sites (tertiary alicyclic amines) is 1. The lowest BCUT2D eigenvalue weighted by atomic mass is 9.78. The molecule has 8 unspecified atom stereocenters. The number of carbonyl (C=O) groups excluding carboxylic acids is 1. The van der Waals surface area contributed by atoms with Gasteiger partial charge in [-0.15, -0.1) is 17.2 Å². The van der Waals surface area contributed by atoms with Crippen molar-refractivity contribution in [2.45, 2.75) is 135 Å². The van der Waals surface area contributed by atoms with Crippen molar-refractivity contribution in [3.8, 4) is 0 Å². The summed E-state index contributed by atoms with van der Waals surface area (Å²) < 4.78 is 5.71. The second-order valence-corrected chi connectivity index (χ2v) is 14.3. The molecule has 0 amide bonds. The molecule has 0 spiro atoms. The fourth-order valence-corrected chi connectivity index (χ4v) is 8.67. The van der Waals surface area contributed by atoms with Gasteiger partial charge in [0, 0.05) is 35.4 Å². The molecule has 0 aromatic carbocycles. The number of rotatable bonds is 7. The Morgan fingerprint density at radius 3 is 2.70 bits per heavy atom. The zero-order chi connectivity index (χ0) is 27.1. The molecule has 4 rings (SSSR count). The molecule has 0 aromatic heterocycles. The maximum atomic E-state index is 13.3. The Morgan fingerprint density at radius 2 is 2.03 bits per heavy atom. The van der Waals surface area contributed by atoms with E-state index in [1.807, 2.05) is 32.5 Å². The number of hydrazine groups is 1. The summed E-state index contributed by atoms with van der Waals surface area (Å²) in [7, 11) is 0. The van der Waals surface area contributed by atoms with Crippen molar-refractivity contribution in [3.05, 3.63) is 4.91 Å². The highest BCUT2D eigenvalue weighted by Crippen LogP contribution is 2.50. The van der Waals surface area contributed by atoms with Crippen molar-refractivity contribution >= 4 is 23.4 Å². The highest BCUT2D eigenvalue weighted by molar-refractivity contribution is 8.00. The van der Waals surface area contributed by atoms with E-state index in [4.69, 9.17) is 9.73 Å². The first-order chi connectivity index (χ1) is 17.4. The lowest BCUT2D eigenvalue weighted by molar-refractivity contribution is -0.631. The smallest absolute Gasteiger partial charge is 0.315 e. The predicted molar refractivity (Wildman–Crippen MR) is 150 cm³/mol. The highest BCUT2D eigenvalue weighted by Gasteiger charge is 2.61. The van der Waals surface area contributed by atoms with Gasteiger partial charge in [-0.05, 0) is 66.3 Å². The van der Waals surface area contributed by atoms with Crippen LogP contribution < -0.4 is 5.43 Å². The first-order valence-corrected chi connectivity index (χ1v) is 15.5. The number of fused-ring (bicyclic) bond motifs is 3. The molecule has 0 radical (unpaired) electrons. The van der Waals surface area contributed by atoms with E-state index >= 15 is 0 Å². The van der Waals surface area contributed by atoms with Gasteiger partial charge >= 0.3 is 12.1 Å². The number of nitroso groups, excluding NO2 is 1. The monoisotopic (exact) mass is 536 g/mol. The van der Waals surface area contributed by atoms with E-state index in [-0.39, 0.29) is 29.8 Å². The van der Waals surface area contributed by atoms with E-state index in [2.05, 4.69) is 49.8 Å². The van der Waals surface area contributed by atoms with Crippen LogP contribution in [0, 0.1) is 22.7 Å². The second kappa shape index (κ2) is 11.5. The molecular weight excluding hydrogens is 486 g/mol. The fourth-order valence-electron chi connectivity index (χ4n) is 6.81. The Morgan fingerprint density at radius 1 is 1.30 bits per heavy atom. The minimum atomic E-state index is -0.568. The van der Waals surface area contributed by atoms with Gasteiger partial charge in [-0.25, -0.2) is 0 Å². The molecule has 210 valence electrons. The summed E-state index contributed by atoms with van der Waals surface area (Å²) in [5.41, 5.74) is 3.76. The van der Waals surface area contributed by atoms with Crippen molar-refractivity contribution in [3.63, 3.8) is 0 Å². The van der Waals surface area contributed by atoms with E-state index in [0.717, 1.165) is 24.4 Å². The summed E-state index contributed by atoms with van der Waals surface area (Å²) in [6, 6.07) is 0.114. The molecule has 4 aliphatic rings. The Balaban J connectivity index is 1.70. The third-order valence-corrected chi connectivity index (χ3v) is 10.5. The number of ether oxygens (including phenoxy) is 1. The van der Waals surface area contributed by atoms with Crippen molar-refractivity contribution < 1.29 is 14.4 Å². The molecule has 37 heavy (non-hydrogen) atoms. The highest BCUT2D eigenvalue weighted by atomic mass is 32.2. The fraction of sp³-hybridized carbons (Fsp3) is 0.929. The van der Waals surface area contributed by atoms with Gasteiger partial charge in [0.05, 0.1) is 16.7 Å². The lowest BCUT2D eigenvalue weighted by Gasteiger charge is -2.40. The Hall–Kier alpha value is -1.19. The molecular formula is C28H50N5O3S+. The zero-order valence-electron chi connectivity index (χ0n) is 24.3. The number of carbonyl (C=O) groups is 1. The Bertz CT molecular complexity index is 876. The van der Waals surface area contributed by atoms with Crippen LogP contribution in [0.4, 0.5) is 0 Å². The zero-order valence-corrected chi connectivity index (χ0v) is 25.1. The van der Waals surface area contributed by atoms with Crippen LogP contribution in [-0.4, -0.2) is 80.1 Å². The summed E-state index contributed by atoms with van der Waals surface area (Å²) in [5.74, 6) is 0.810. The third-order valence-electron chi connectivity index (χ3n) is 8.84. The van der Waals surface area contributed by atoms with Crippen LogP contribution in [-0.2, 0) is 9.53 Å². The first kappa shape index (κ1) is 28.8. The largest absolute Gasteiger partial charge is 0.460 e. The molecule has 4 heterocycles. The second-order valence-electron chi connectivity index (χ2n) is 12.8. The van der Waals surface area contributed by atoms with Crippen molar-refractivity contribution in [2.75, 3.05) is 13.1 Å². The standard InChI is InChI=1S/C28H50N5O3S/c1-9-10-12-17(2)31-14-11-13-21(16-31)25-24-18(3)19(4)37-27(24)32-20(5)30-33(35)26(32)22(29-25)15-23(34)36-28(6,7)8/h17-22,24,26-27H,9-16H2,1-8H3,(H,30,35)/q+1/t17-,18?,19?,20?,21?,22?,24?,26?,27?/m0/s1. The maximum absolute atomic E-state index is 13.3. The molecule has 0 aromatic rings. The summed E-state index contributed by atoms with van der Waals surface area (Å²) in [6.45, 7) is 19.2. The first-order valence-electron chi connectivity index (χ1n) is 14.6. The van der Waals surface area contributed by atoms with Crippen LogP contribution in [0.1, 0.15) is 93.9 Å². The van der Waals surface area contributed by atoms with Crippen LogP contribution in [0.5, 0.6) is 0 Å². The summed E-state index contributed by atoms with van der Waals surface area (Å²) >= 11 is 1.98. The number of nitrogens with zero attached hydrogens (tertiary/aromatic N) is 4. The lowest BCUT2D eigenvalue weighted by Crippen LogP contribution is -2.50. The number of hydrogen-bond donors (Lipinski definition) is 1. The molecule has 1 N–H and O–H groups in total. The molecule has 9 atom stereocenters. The van der Waals surface area contributed by atoms with Gasteiger partial charge in [0.1, 0.15) is 22.7 Å². The summed E-state index contributed by atoms with van der Waals surface area (Å²) in [5, 5.41) is 0.658. The number of aliphatic imine (C=N–C) groups is 1. The van der Waals surface area contributed by atoms with Gasteiger partial charge in [0.25, 0.3) is 0 Å². The number of thioether (sulfide) groups is 1. The van der Waals surface area contributed by atoms with Crippen molar-refractivity contribution in [2.24, 2.45) is 22.7 Å². The van der Waals surface area contributed by atoms with E-state index in [9.17, 15) is 9.70 Å². The minimum Gasteiger partial charge on any atom is -0.460 e. The molecule has 9 heteroatoms. The summed E-state index contributed by atoms with van der Waals surface area (Å²) in [4.78, 5) is 37.7. The number of unbranched alkanes of at least 4 members (excludes halogenated alkanes) is 1. The topological polar surface area (TPSA) is 77.2 Å². The molecule has 0 aliphatic carbocycles. The quantitative estimate of drug-likeness (QED) is 0.369. The van der Waals surface area contributed by atoms with Gasteiger partial charge in [-0.2, -0.15) is 4.90 Å². The van der Waals surface area contributed by atoms with Crippen LogP contribution in [0.25, 0.3) is 0 Å². The molecule has 3 saturated heterocycles. The summed E-state index contributed by atoms with van der Waals surface area (Å²) in [6.07, 6.45) is 5.52. The van der Waals surface area contributed by atoms with E-state index < -0.39 is 17.8 Å². The minimum absolute atomic E-state index is 0.104. The number of nitrogens with one attached hydrogen (secondary N) is 1. The predicted octanol–water partition coefficient (Wildman–Crippen LogP) is 4.82. The average Bonchev–Trinajstić information content (AvgIpc) is 3.21. The normalized spacial score (nSPS) is 37.8. The molecule has 3 fully saturated rings. The van der Waals surface area contributed by atoms with Gasteiger partial charge in [0.15, 0.2) is 0 Å². The van der Waals surface area contributed by atoms with Crippen LogP contribution >= 0.6 is 11.8 Å². The molecule has 0 bridgehead atoms. The van der Waals surface area contributed by atoms with Crippen molar-refractivity contribution in [1.29, 1.82) is 0 Å². The van der Waals surface area contributed by atoms with Gasteiger partial charge in [0.2, 0.25) is 0 Å². The Labute approximate surface area is 228 Å². The Kier molecular flexibility index (Phi) is 8.96. The van der Waals surface area contributed by atoms with Crippen LogP contribution in [0.15, 0.2) is 4.99 Å².